The number of aliphatic hydroxyl groups is 1. The van der Waals surface area contributed by atoms with Crippen molar-refractivity contribution in [1.29, 1.82) is 0 Å². The van der Waals surface area contributed by atoms with E-state index in [9.17, 15) is 9.90 Å². The quantitative estimate of drug-likeness (QED) is 0.424. The van der Waals surface area contributed by atoms with Crippen molar-refractivity contribution in [2.45, 2.75) is 50.9 Å². The summed E-state index contributed by atoms with van der Waals surface area (Å²) in [6.45, 7) is 5.93. The molecule has 0 saturated carbocycles. The lowest BCUT2D eigenvalue weighted by Gasteiger charge is -2.45. The number of hydrogen-bond acceptors (Lipinski definition) is 5. The first-order valence-electron chi connectivity index (χ1n) is 11.6. The van der Waals surface area contributed by atoms with Gasteiger partial charge in [0, 0.05) is 30.8 Å². The van der Waals surface area contributed by atoms with E-state index in [1.165, 1.54) is 0 Å². The molecule has 3 aromatic carbocycles. The summed E-state index contributed by atoms with van der Waals surface area (Å²) in [5.41, 5.74) is 15.5. The zero-order valence-electron chi connectivity index (χ0n) is 20.0. The fourth-order valence-corrected chi connectivity index (χ4v) is 4.87. The molecule has 0 aromatic heterocycles. The van der Waals surface area contributed by atoms with E-state index in [4.69, 9.17) is 16.2 Å². The zero-order valence-corrected chi connectivity index (χ0v) is 20.0. The highest BCUT2D eigenvalue weighted by molar-refractivity contribution is 5.73. The molecule has 2 atom stereocenters. The Morgan fingerprint density at radius 1 is 1.03 bits per heavy atom. The minimum atomic E-state index is -0.994. The lowest BCUT2D eigenvalue weighted by Crippen LogP contribution is -2.51. The molecule has 0 radical (unpaired) electrons. The maximum atomic E-state index is 13.3. The van der Waals surface area contributed by atoms with Crippen molar-refractivity contribution < 1.29 is 14.6 Å². The molecular formula is C28H33N3O3. The molecule has 0 bridgehead atoms. The van der Waals surface area contributed by atoms with Crippen molar-refractivity contribution >= 4 is 17.5 Å². The summed E-state index contributed by atoms with van der Waals surface area (Å²) in [4.78, 5) is 15.0. The Balaban J connectivity index is 1.57. The first-order chi connectivity index (χ1) is 16.1. The van der Waals surface area contributed by atoms with Gasteiger partial charge in [-0.2, -0.15) is 0 Å². The molecular weight excluding hydrogens is 426 g/mol. The van der Waals surface area contributed by atoms with Crippen LogP contribution in [0, 0.1) is 0 Å². The number of nitrogen functional groups attached to an aromatic ring is 2. The van der Waals surface area contributed by atoms with Gasteiger partial charge in [-0.1, -0.05) is 54.6 Å². The number of anilines is 2. The predicted molar refractivity (Wildman–Crippen MR) is 136 cm³/mol. The Kier molecular flexibility index (Phi) is 6.28. The Morgan fingerprint density at radius 2 is 1.68 bits per heavy atom. The first-order valence-corrected chi connectivity index (χ1v) is 11.6. The number of ether oxygens (including phenoxy) is 1. The van der Waals surface area contributed by atoms with Gasteiger partial charge in [0.2, 0.25) is 0 Å². The summed E-state index contributed by atoms with van der Waals surface area (Å²) in [5, 5.41) is 10.6. The number of nitrogens with zero attached hydrogens (tertiary/aromatic N) is 1. The number of carbonyl (C=O) groups excluding carboxylic acids is 1. The summed E-state index contributed by atoms with van der Waals surface area (Å²) >= 11 is 0. The second kappa shape index (κ2) is 9.03. The largest absolute Gasteiger partial charge is 0.438 e. The smallest absolute Gasteiger partial charge is 0.411 e. The van der Waals surface area contributed by atoms with Crippen molar-refractivity contribution in [2.75, 3.05) is 18.0 Å². The van der Waals surface area contributed by atoms with Crippen LogP contribution in [-0.2, 0) is 10.3 Å². The van der Waals surface area contributed by atoms with E-state index >= 15 is 0 Å². The minimum Gasteiger partial charge on any atom is -0.438 e. The van der Waals surface area contributed by atoms with E-state index in [0.29, 0.717) is 30.8 Å². The Morgan fingerprint density at radius 3 is 2.26 bits per heavy atom. The molecule has 6 nitrogen and oxygen atoms in total. The van der Waals surface area contributed by atoms with Gasteiger partial charge < -0.3 is 26.2 Å². The van der Waals surface area contributed by atoms with Crippen LogP contribution in [0.1, 0.15) is 50.8 Å². The standard InChI is InChI=1S/C28H33N3O3/c1-19(24-14-11-21(17-25(24)30)20-9-12-23(29)13-10-20)31-16-15-28(34-26(31)32,18-27(2,3)33)22-7-5-4-6-8-22/h4-14,17,19,33H,15-16,18,29-30H2,1-3H3/t19-,28-/m0/s1. The van der Waals surface area contributed by atoms with Crippen molar-refractivity contribution in [2.24, 2.45) is 0 Å². The van der Waals surface area contributed by atoms with E-state index in [2.05, 4.69) is 0 Å². The van der Waals surface area contributed by atoms with Crippen LogP contribution in [0.4, 0.5) is 16.2 Å². The van der Waals surface area contributed by atoms with Crippen molar-refractivity contribution in [3.63, 3.8) is 0 Å². The number of nitrogens with two attached hydrogens (primary N) is 2. The van der Waals surface area contributed by atoms with Crippen molar-refractivity contribution in [3.05, 3.63) is 83.9 Å². The lowest BCUT2D eigenvalue weighted by molar-refractivity contribution is -0.101. The van der Waals surface area contributed by atoms with E-state index in [1.54, 1.807) is 18.7 Å². The minimum absolute atomic E-state index is 0.260. The SMILES string of the molecule is C[C@@H](c1ccc(-c2ccc(N)cc2)cc1N)N1CC[C@](CC(C)(C)O)(c2ccccc2)OC1=O. The van der Waals surface area contributed by atoms with Crippen LogP contribution in [0.15, 0.2) is 72.8 Å². The molecule has 5 N–H and O–H groups in total. The topological polar surface area (TPSA) is 102 Å². The molecule has 178 valence electrons. The van der Waals surface area contributed by atoms with Crippen LogP contribution in [0.5, 0.6) is 0 Å². The highest BCUT2D eigenvalue weighted by Gasteiger charge is 2.46. The van der Waals surface area contributed by atoms with Crippen LogP contribution in [0.2, 0.25) is 0 Å². The average Bonchev–Trinajstić information content (AvgIpc) is 2.79. The summed E-state index contributed by atoms with van der Waals surface area (Å²) in [7, 11) is 0. The van der Waals surface area contributed by atoms with Gasteiger partial charge in [-0.15, -0.1) is 0 Å². The molecule has 0 spiro atoms. The fourth-order valence-electron chi connectivity index (χ4n) is 4.87. The third kappa shape index (κ3) is 4.87. The Hall–Kier alpha value is -3.51. The lowest BCUT2D eigenvalue weighted by atomic mass is 9.80. The number of carbonyl (C=O) groups is 1. The number of benzene rings is 3. The average molecular weight is 460 g/mol. The second-order valence-corrected chi connectivity index (χ2v) is 9.80. The van der Waals surface area contributed by atoms with Crippen molar-refractivity contribution in [3.8, 4) is 11.1 Å². The molecule has 1 amide bonds. The highest BCUT2D eigenvalue weighted by atomic mass is 16.6. The van der Waals surface area contributed by atoms with Crippen LogP contribution >= 0.6 is 0 Å². The van der Waals surface area contributed by atoms with Gasteiger partial charge in [0.05, 0.1) is 11.6 Å². The molecule has 1 heterocycles. The number of rotatable bonds is 6. The van der Waals surface area contributed by atoms with Gasteiger partial charge in [0.1, 0.15) is 5.60 Å². The second-order valence-electron chi connectivity index (χ2n) is 9.80. The number of amides is 1. The summed E-state index contributed by atoms with van der Waals surface area (Å²) in [6.07, 6.45) is 0.477. The monoisotopic (exact) mass is 459 g/mol. The van der Waals surface area contributed by atoms with Gasteiger partial charge in [-0.3, -0.25) is 0 Å². The molecule has 3 aromatic rings. The van der Waals surface area contributed by atoms with E-state index in [0.717, 1.165) is 22.3 Å². The summed E-state index contributed by atoms with van der Waals surface area (Å²) < 4.78 is 6.11. The Labute approximate surface area is 201 Å². The fraction of sp³-hybridized carbons (Fsp3) is 0.321. The molecule has 0 aliphatic carbocycles. The van der Waals surface area contributed by atoms with E-state index in [-0.39, 0.29) is 6.04 Å². The van der Waals surface area contributed by atoms with Gasteiger partial charge in [-0.05, 0) is 61.2 Å². The molecule has 1 saturated heterocycles. The van der Waals surface area contributed by atoms with E-state index in [1.807, 2.05) is 79.7 Å². The van der Waals surface area contributed by atoms with Crippen LogP contribution in [-0.4, -0.2) is 28.2 Å². The maximum absolute atomic E-state index is 13.3. The van der Waals surface area contributed by atoms with Gasteiger partial charge in [-0.25, -0.2) is 4.79 Å². The molecule has 1 aliphatic rings. The molecule has 0 unspecified atom stereocenters. The maximum Gasteiger partial charge on any atom is 0.411 e. The van der Waals surface area contributed by atoms with Crippen LogP contribution < -0.4 is 11.5 Å². The van der Waals surface area contributed by atoms with Gasteiger partial charge in [0.15, 0.2) is 0 Å². The number of hydrogen-bond donors (Lipinski definition) is 3. The van der Waals surface area contributed by atoms with Crippen molar-refractivity contribution in [1.82, 2.24) is 4.90 Å². The normalized spacial score (nSPS) is 19.5. The van der Waals surface area contributed by atoms with Crippen LogP contribution in [0.3, 0.4) is 0 Å². The third-order valence-electron chi connectivity index (χ3n) is 6.54. The zero-order chi connectivity index (χ0) is 24.5. The predicted octanol–water partition coefficient (Wildman–Crippen LogP) is 5.48. The molecule has 34 heavy (non-hydrogen) atoms. The molecule has 1 aliphatic heterocycles. The molecule has 4 rings (SSSR count). The summed E-state index contributed by atoms with van der Waals surface area (Å²) in [6, 6.07) is 23.0. The van der Waals surface area contributed by atoms with Gasteiger partial charge in [0.25, 0.3) is 0 Å². The van der Waals surface area contributed by atoms with Crippen LogP contribution in [0.25, 0.3) is 11.1 Å². The molecule has 1 fully saturated rings. The third-order valence-corrected chi connectivity index (χ3v) is 6.54. The first kappa shape index (κ1) is 23.6. The number of cyclic esters (lactones) is 1. The van der Waals surface area contributed by atoms with E-state index < -0.39 is 17.3 Å². The summed E-state index contributed by atoms with van der Waals surface area (Å²) in [5.74, 6) is 0. The Bertz CT molecular complexity index is 1160. The highest BCUT2D eigenvalue weighted by Crippen LogP contribution is 2.43. The molecule has 6 heteroatoms. The van der Waals surface area contributed by atoms with Gasteiger partial charge >= 0.3 is 6.09 Å².